The minimum absolute atomic E-state index is 0.105. The molecule has 8 atom stereocenters. The topological polar surface area (TPSA) is 114 Å². The largest absolute Gasteiger partial charge is 0.491 e. The van der Waals surface area contributed by atoms with Crippen LogP contribution in [0.25, 0.3) is 0 Å². The van der Waals surface area contributed by atoms with Gasteiger partial charge < -0.3 is 28.9 Å². The van der Waals surface area contributed by atoms with Crippen LogP contribution in [0.15, 0.2) is 29.4 Å². The Morgan fingerprint density at radius 3 is 2.81 bits per heavy atom. The molecule has 1 aromatic rings. The smallest absolute Gasteiger partial charge is 0.344 e. The van der Waals surface area contributed by atoms with Gasteiger partial charge in [-0.15, -0.1) is 0 Å². The fourth-order valence-corrected chi connectivity index (χ4v) is 6.43. The number of carbonyl (C=O) groups is 1. The van der Waals surface area contributed by atoms with Crippen LogP contribution in [0.2, 0.25) is 0 Å². The standard InChI is InChI=1S/C27H37NO9/c1-16-8-9-22-17(2)24(34-25-27(22)21(16)10-11-26(4,35-25)36-37-27)32-13-12-31-20-7-5-6-19(14-20)18(3)28-33-15-23(29)30/h5-7,14,16-17,21-22,24-25H,8-13,15H2,1-4H3,(H,29,30)/b28-18+/t16-,17-,21?,22+,24+,25-,26-,27-/m1/s1. The van der Waals surface area contributed by atoms with E-state index in [4.69, 9.17) is 38.7 Å². The second-order valence-corrected chi connectivity index (χ2v) is 10.9. The number of carboxylic acids is 1. The molecule has 0 amide bonds. The molecular weight excluding hydrogens is 482 g/mol. The van der Waals surface area contributed by atoms with E-state index in [1.54, 1.807) is 6.92 Å². The Bertz CT molecular complexity index is 1020. The summed E-state index contributed by atoms with van der Waals surface area (Å²) in [7, 11) is 0. The van der Waals surface area contributed by atoms with Crippen molar-refractivity contribution in [3.63, 3.8) is 0 Å². The zero-order chi connectivity index (χ0) is 26.2. The van der Waals surface area contributed by atoms with Gasteiger partial charge in [0.15, 0.2) is 18.2 Å². The number of nitrogens with zero attached hydrogens (tertiary/aromatic N) is 1. The highest BCUT2D eigenvalue weighted by Crippen LogP contribution is 2.60. The molecule has 1 saturated carbocycles. The molecule has 4 saturated heterocycles. The van der Waals surface area contributed by atoms with E-state index in [-0.39, 0.29) is 11.8 Å². The summed E-state index contributed by atoms with van der Waals surface area (Å²) < 4.78 is 24.9. The Kier molecular flexibility index (Phi) is 7.48. The number of hydrogen-bond donors (Lipinski definition) is 1. The van der Waals surface area contributed by atoms with Crippen molar-refractivity contribution in [3.8, 4) is 5.75 Å². The van der Waals surface area contributed by atoms with Crippen LogP contribution >= 0.6 is 0 Å². The molecule has 4 heterocycles. The Morgan fingerprint density at radius 2 is 2.00 bits per heavy atom. The quantitative estimate of drug-likeness (QED) is 0.223. The first kappa shape index (κ1) is 26.4. The van der Waals surface area contributed by atoms with E-state index >= 15 is 0 Å². The van der Waals surface area contributed by atoms with Gasteiger partial charge in [-0.2, -0.15) is 0 Å². The van der Waals surface area contributed by atoms with Crippen molar-refractivity contribution in [2.45, 2.75) is 77.3 Å². The molecule has 5 fully saturated rings. The summed E-state index contributed by atoms with van der Waals surface area (Å²) in [4.78, 5) is 27.5. The molecular formula is C27H37NO9. The highest BCUT2D eigenvalue weighted by atomic mass is 17.3. The van der Waals surface area contributed by atoms with Crippen LogP contribution in [-0.2, 0) is 33.6 Å². The van der Waals surface area contributed by atoms with Crippen LogP contribution in [0.4, 0.5) is 0 Å². The van der Waals surface area contributed by atoms with Crippen LogP contribution < -0.4 is 4.74 Å². The first-order valence-electron chi connectivity index (χ1n) is 13.1. The number of hydrogen-bond acceptors (Lipinski definition) is 9. The van der Waals surface area contributed by atoms with Gasteiger partial charge in [0, 0.05) is 23.8 Å². The third-order valence-corrected chi connectivity index (χ3v) is 8.37. The molecule has 0 aromatic heterocycles. The van der Waals surface area contributed by atoms with Crippen molar-refractivity contribution in [2.24, 2.45) is 28.8 Å². The molecule has 204 valence electrons. The minimum atomic E-state index is -1.08. The van der Waals surface area contributed by atoms with E-state index < -0.39 is 36.5 Å². The lowest BCUT2D eigenvalue weighted by Crippen LogP contribution is -2.70. The van der Waals surface area contributed by atoms with E-state index in [1.807, 2.05) is 31.2 Å². The van der Waals surface area contributed by atoms with Gasteiger partial charge in [-0.25, -0.2) is 14.6 Å². The molecule has 1 N–H and O–H groups in total. The highest BCUT2D eigenvalue weighted by molar-refractivity contribution is 5.98. The van der Waals surface area contributed by atoms with E-state index in [2.05, 4.69) is 19.0 Å². The summed E-state index contributed by atoms with van der Waals surface area (Å²) in [6.07, 6.45) is 2.97. The summed E-state index contributed by atoms with van der Waals surface area (Å²) in [5, 5.41) is 12.5. The molecule has 1 unspecified atom stereocenters. The first-order valence-corrected chi connectivity index (χ1v) is 13.1. The molecule has 37 heavy (non-hydrogen) atoms. The summed E-state index contributed by atoms with van der Waals surface area (Å²) in [5.74, 6) is -0.0836. The second kappa shape index (κ2) is 10.5. The lowest BCUT2D eigenvalue weighted by Gasteiger charge is -2.60. The van der Waals surface area contributed by atoms with Crippen LogP contribution in [0, 0.1) is 23.7 Å². The Balaban J connectivity index is 1.19. The van der Waals surface area contributed by atoms with Crippen molar-refractivity contribution >= 4 is 11.7 Å². The second-order valence-electron chi connectivity index (χ2n) is 10.9. The van der Waals surface area contributed by atoms with Gasteiger partial charge in [0.1, 0.15) is 12.4 Å². The van der Waals surface area contributed by atoms with Gasteiger partial charge in [-0.3, -0.25) is 0 Å². The fourth-order valence-electron chi connectivity index (χ4n) is 6.43. The molecule has 0 radical (unpaired) electrons. The molecule has 1 spiro atoms. The fraction of sp³-hybridized carbons (Fsp3) is 0.704. The van der Waals surface area contributed by atoms with Crippen molar-refractivity contribution in [1.29, 1.82) is 0 Å². The number of aliphatic carboxylic acids is 1. The van der Waals surface area contributed by atoms with Crippen LogP contribution in [0.1, 0.15) is 58.9 Å². The molecule has 10 heteroatoms. The van der Waals surface area contributed by atoms with Crippen molar-refractivity contribution in [3.05, 3.63) is 29.8 Å². The van der Waals surface area contributed by atoms with E-state index in [0.29, 0.717) is 36.5 Å². The Hall–Kier alpha value is -2.24. The number of oxime groups is 1. The maximum atomic E-state index is 10.6. The zero-order valence-electron chi connectivity index (χ0n) is 21.9. The predicted octanol–water partition coefficient (Wildman–Crippen LogP) is 4.12. The monoisotopic (exact) mass is 519 g/mol. The van der Waals surface area contributed by atoms with Crippen molar-refractivity contribution in [1.82, 2.24) is 0 Å². The van der Waals surface area contributed by atoms with E-state index in [1.165, 1.54) is 0 Å². The van der Waals surface area contributed by atoms with Crippen molar-refractivity contribution < 1.29 is 43.5 Å². The maximum absolute atomic E-state index is 10.6. The average molecular weight is 520 g/mol. The van der Waals surface area contributed by atoms with Crippen LogP contribution in [0.3, 0.4) is 0 Å². The van der Waals surface area contributed by atoms with Crippen LogP contribution in [0.5, 0.6) is 5.75 Å². The lowest BCUT2D eigenvalue weighted by molar-refractivity contribution is -0.577. The summed E-state index contributed by atoms with van der Waals surface area (Å²) in [6.45, 7) is 8.31. The molecule has 5 aliphatic rings. The third-order valence-electron chi connectivity index (χ3n) is 8.37. The number of fused-ring (bicyclic) bond motifs is 2. The summed E-state index contributed by atoms with van der Waals surface area (Å²) in [6, 6.07) is 7.36. The Morgan fingerprint density at radius 1 is 1.16 bits per heavy atom. The van der Waals surface area contributed by atoms with Gasteiger partial charge in [0.25, 0.3) is 0 Å². The molecule has 2 bridgehead atoms. The SMILES string of the molecule is C/C(=N\OCC(=O)O)c1cccc(OCCO[C@H]2O[C@@H]3O[C@@]4(C)CCC5[C@H](C)CC[C@@H]([C@H]2C)[C@]53OO4)c1. The van der Waals surface area contributed by atoms with Crippen molar-refractivity contribution in [2.75, 3.05) is 19.8 Å². The lowest BCUT2D eigenvalue weighted by atomic mass is 9.58. The first-order chi connectivity index (χ1) is 17.7. The van der Waals surface area contributed by atoms with Gasteiger partial charge in [0.05, 0.1) is 12.3 Å². The van der Waals surface area contributed by atoms with Gasteiger partial charge >= 0.3 is 5.97 Å². The van der Waals surface area contributed by atoms with Gasteiger partial charge in [0.2, 0.25) is 12.4 Å². The maximum Gasteiger partial charge on any atom is 0.344 e. The summed E-state index contributed by atoms with van der Waals surface area (Å²) >= 11 is 0. The number of rotatable bonds is 9. The molecule has 1 aromatic carbocycles. The third kappa shape index (κ3) is 5.09. The Labute approximate surface area is 217 Å². The molecule has 4 aliphatic heterocycles. The molecule has 1 aliphatic carbocycles. The van der Waals surface area contributed by atoms with E-state index in [9.17, 15) is 4.79 Å². The number of ether oxygens (including phenoxy) is 4. The average Bonchev–Trinajstić information content (AvgIpc) is 3.10. The number of benzene rings is 1. The predicted molar refractivity (Wildman–Crippen MR) is 131 cm³/mol. The molecule has 10 nitrogen and oxygen atoms in total. The molecule has 6 rings (SSSR count). The van der Waals surface area contributed by atoms with Crippen LogP contribution in [-0.4, -0.2) is 60.6 Å². The number of carboxylic acid groups (broad SMARTS) is 1. The van der Waals surface area contributed by atoms with E-state index in [0.717, 1.165) is 31.2 Å². The highest BCUT2D eigenvalue weighted by Gasteiger charge is 2.69. The summed E-state index contributed by atoms with van der Waals surface area (Å²) in [5.41, 5.74) is 0.729. The minimum Gasteiger partial charge on any atom is -0.491 e. The normalized spacial score (nSPS) is 39.0. The zero-order valence-corrected chi connectivity index (χ0v) is 21.9. The van der Waals surface area contributed by atoms with Gasteiger partial charge in [-0.05, 0) is 57.1 Å². The van der Waals surface area contributed by atoms with Gasteiger partial charge in [-0.1, -0.05) is 31.1 Å².